The van der Waals surface area contributed by atoms with E-state index in [1.54, 1.807) is 30.3 Å². The number of hydrogen-bond donors (Lipinski definition) is 1. The van der Waals surface area contributed by atoms with Crippen molar-refractivity contribution in [3.05, 3.63) is 65.7 Å². The predicted octanol–water partition coefficient (Wildman–Crippen LogP) is 5.36. The fraction of sp³-hybridized carbons (Fsp3) is 0.105. The van der Waals surface area contributed by atoms with E-state index in [0.29, 0.717) is 5.75 Å². The van der Waals surface area contributed by atoms with Gasteiger partial charge in [-0.25, -0.2) is 4.79 Å². The molecular formula is C19H13F3O4. The summed E-state index contributed by atoms with van der Waals surface area (Å²) in [6, 6.07) is 13.2. The maximum absolute atomic E-state index is 13.5. The maximum atomic E-state index is 13.5. The minimum Gasteiger partial charge on any atom is -0.496 e. The number of carboxylic acids is 1. The van der Waals surface area contributed by atoms with Crippen molar-refractivity contribution in [3.63, 3.8) is 0 Å². The molecule has 0 aliphatic heterocycles. The monoisotopic (exact) mass is 362 g/mol. The minimum atomic E-state index is -4.71. The molecule has 0 aromatic heterocycles. The lowest BCUT2D eigenvalue weighted by molar-refractivity contribution is -0.137. The van der Waals surface area contributed by atoms with Gasteiger partial charge in [-0.15, -0.1) is 0 Å². The standard InChI is InChI=1S/C19H13F3O4/c1-25-15-10-7-12-13(17(15)19(20,21)22)8-9-14(16(12)18(23)24)26-11-5-3-2-4-6-11/h2-10H,1H3,(H,23,24). The van der Waals surface area contributed by atoms with Crippen molar-refractivity contribution in [2.75, 3.05) is 7.11 Å². The second kappa shape index (κ2) is 6.59. The van der Waals surface area contributed by atoms with E-state index in [0.717, 1.165) is 13.2 Å². The highest BCUT2D eigenvalue weighted by Crippen LogP contribution is 2.43. The summed E-state index contributed by atoms with van der Waals surface area (Å²) in [7, 11) is 1.13. The molecule has 3 rings (SSSR count). The number of methoxy groups -OCH3 is 1. The van der Waals surface area contributed by atoms with Crippen LogP contribution in [0.2, 0.25) is 0 Å². The first-order chi connectivity index (χ1) is 12.3. The maximum Gasteiger partial charge on any atom is 0.420 e. The minimum absolute atomic E-state index is 0.0468. The SMILES string of the molecule is COc1ccc2c(C(=O)O)c(Oc3ccccc3)ccc2c1C(F)(F)F. The van der Waals surface area contributed by atoms with Crippen molar-refractivity contribution in [2.45, 2.75) is 6.18 Å². The first kappa shape index (κ1) is 17.6. The molecule has 0 amide bonds. The van der Waals surface area contributed by atoms with Crippen molar-refractivity contribution in [1.29, 1.82) is 0 Å². The van der Waals surface area contributed by atoms with Crippen LogP contribution in [0.5, 0.6) is 17.2 Å². The van der Waals surface area contributed by atoms with E-state index in [9.17, 15) is 23.1 Å². The van der Waals surface area contributed by atoms with Crippen molar-refractivity contribution in [3.8, 4) is 17.2 Å². The van der Waals surface area contributed by atoms with Crippen LogP contribution < -0.4 is 9.47 Å². The van der Waals surface area contributed by atoms with Crippen LogP contribution in [0.25, 0.3) is 10.8 Å². The van der Waals surface area contributed by atoms with Gasteiger partial charge in [0.05, 0.1) is 7.11 Å². The number of aromatic carboxylic acids is 1. The third-order valence-corrected chi connectivity index (χ3v) is 3.81. The second-order valence-corrected chi connectivity index (χ2v) is 5.39. The van der Waals surface area contributed by atoms with Crippen LogP contribution in [0.15, 0.2) is 54.6 Å². The summed E-state index contributed by atoms with van der Waals surface area (Å²) >= 11 is 0. The summed E-state index contributed by atoms with van der Waals surface area (Å²) in [5, 5.41) is 9.22. The molecule has 0 saturated carbocycles. The normalized spacial score (nSPS) is 11.4. The molecular weight excluding hydrogens is 349 g/mol. The van der Waals surface area contributed by atoms with E-state index in [4.69, 9.17) is 9.47 Å². The zero-order chi connectivity index (χ0) is 18.9. The molecule has 7 heteroatoms. The number of ether oxygens (including phenoxy) is 2. The molecule has 4 nitrogen and oxygen atoms in total. The highest BCUT2D eigenvalue weighted by Gasteiger charge is 2.37. The summed E-state index contributed by atoms with van der Waals surface area (Å²) < 4.78 is 50.8. The fourth-order valence-corrected chi connectivity index (χ4v) is 2.75. The van der Waals surface area contributed by atoms with Crippen LogP contribution in [0.4, 0.5) is 13.2 Å². The van der Waals surface area contributed by atoms with Gasteiger partial charge in [0.1, 0.15) is 28.4 Å². The summed E-state index contributed by atoms with van der Waals surface area (Å²) in [5.74, 6) is -1.44. The Kier molecular flexibility index (Phi) is 4.46. The molecule has 26 heavy (non-hydrogen) atoms. The van der Waals surface area contributed by atoms with E-state index < -0.39 is 17.7 Å². The Hall–Kier alpha value is -3.22. The first-order valence-electron chi connectivity index (χ1n) is 7.50. The van der Waals surface area contributed by atoms with Gasteiger partial charge in [-0.05, 0) is 41.8 Å². The number of carbonyl (C=O) groups is 1. The molecule has 0 heterocycles. The van der Waals surface area contributed by atoms with Gasteiger partial charge in [0, 0.05) is 5.39 Å². The number of hydrogen-bond acceptors (Lipinski definition) is 3. The van der Waals surface area contributed by atoms with E-state index in [-0.39, 0.29) is 27.8 Å². The molecule has 0 aliphatic carbocycles. The van der Waals surface area contributed by atoms with Crippen LogP contribution in [0.1, 0.15) is 15.9 Å². The summed E-state index contributed by atoms with van der Waals surface area (Å²) in [6.45, 7) is 0. The van der Waals surface area contributed by atoms with Gasteiger partial charge in [-0.3, -0.25) is 0 Å². The molecule has 1 N–H and O–H groups in total. The Labute approximate surface area is 146 Å². The van der Waals surface area contributed by atoms with Crippen LogP contribution >= 0.6 is 0 Å². The molecule has 0 bridgehead atoms. The van der Waals surface area contributed by atoms with Crippen molar-refractivity contribution < 1.29 is 32.5 Å². The van der Waals surface area contributed by atoms with E-state index in [1.807, 2.05) is 0 Å². The lowest BCUT2D eigenvalue weighted by Crippen LogP contribution is -2.10. The molecule has 0 unspecified atom stereocenters. The van der Waals surface area contributed by atoms with Crippen molar-refractivity contribution in [1.82, 2.24) is 0 Å². The molecule has 0 aliphatic rings. The van der Waals surface area contributed by atoms with Crippen LogP contribution in [0, 0.1) is 0 Å². The molecule has 0 spiro atoms. The molecule has 0 saturated heterocycles. The van der Waals surface area contributed by atoms with Gasteiger partial charge in [0.25, 0.3) is 0 Å². The summed E-state index contributed by atoms with van der Waals surface area (Å²) in [4.78, 5) is 11.7. The Bertz CT molecular complexity index is 966. The second-order valence-electron chi connectivity index (χ2n) is 5.39. The van der Waals surface area contributed by atoms with Gasteiger partial charge in [-0.1, -0.05) is 18.2 Å². The molecule has 134 valence electrons. The van der Waals surface area contributed by atoms with Crippen LogP contribution in [-0.4, -0.2) is 18.2 Å². The van der Waals surface area contributed by atoms with Crippen molar-refractivity contribution >= 4 is 16.7 Å². The molecule has 0 fully saturated rings. The quantitative estimate of drug-likeness (QED) is 0.679. The van der Waals surface area contributed by atoms with Gasteiger partial charge in [-0.2, -0.15) is 13.2 Å². The number of alkyl halides is 3. The third-order valence-electron chi connectivity index (χ3n) is 3.81. The van der Waals surface area contributed by atoms with Crippen molar-refractivity contribution in [2.24, 2.45) is 0 Å². The van der Waals surface area contributed by atoms with E-state index in [2.05, 4.69) is 0 Å². The average molecular weight is 362 g/mol. The zero-order valence-electron chi connectivity index (χ0n) is 13.5. The molecule has 3 aromatic rings. The number of rotatable bonds is 4. The highest BCUT2D eigenvalue weighted by atomic mass is 19.4. The largest absolute Gasteiger partial charge is 0.496 e. The topological polar surface area (TPSA) is 55.8 Å². The van der Waals surface area contributed by atoms with Gasteiger partial charge >= 0.3 is 12.1 Å². The number of fused-ring (bicyclic) bond motifs is 1. The van der Waals surface area contributed by atoms with Crippen LogP contribution in [0.3, 0.4) is 0 Å². The molecule has 0 atom stereocenters. The summed E-state index contributed by atoms with van der Waals surface area (Å²) in [6.07, 6.45) is -4.71. The number of para-hydroxylation sites is 1. The molecule has 0 radical (unpaired) electrons. The number of carboxylic acid groups (broad SMARTS) is 1. The van der Waals surface area contributed by atoms with Gasteiger partial charge < -0.3 is 14.6 Å². The lowest BCUT2D eigenvalue weighted by Gasteiger charge is -2.17. The zero-order valence-corrected chi connectivity index (χ0v) is 13.5. The Morgan fingerprint density at radius 3 is 2.12 bits per heavy atom. The fourth-order valence-electron chi connectivity index (χ4n) is 2.75. The Balaban J connectivity index is 2.28. The number of benzene rings is 3. The van der Waals surface area contributed by atoms with Gasteiger partial charge in [0.2, 0.25) is 0 Å². The number of halogens is 3. The predicted molar refractivity (Wildman–Crippen MR) is 89.0 cm³/mol. The lowest BCUT2D eigenvalue weighted by atomic mass is 9.98. The highest BCUT2D eigenvalue weighted by molar-refractivity contribution is 6.07. The van der Waals surface area contributed by atoms with Gasteiger partial charge in [0.15, 0.2) is 0 Å². The van der Waals surface area contributed by atoms with E-state index in [1.165, 1.54) is 18.2 Å². The Morgan fingerprint density at radius 1 is 0.923 bits per heavy atom. The van der Waals surface area contributed by atoms with E-state index >= 15 is 0 Å². The summed E-state index contributed by atoms with van der Waals surface area (Å²) in [5.41, 5.74) is -1.37. The first-order valence-corrected chi connectivity index (χ1v) is 7.50. The Morgan fingerprint density at radius 2 is 1.54 bits per heavy atom. The van der Waals surface area contributed by atoms with Crippen LogP contribution in [-0.2, 0) is 6.18 Å². The third kappa shape index (κ3) is 3.15. The average Bonchev–Trinajstić information content (AvgIpc) is 2.60. The molecule has 3 aromatic carbocycles. The smallest absolute Gasteiger partial charge is 0.420 e.